The number of hydrogen-bond acceptors (Lipinski definition) is 7. The summed E-state index contributed by atoms with van der Waals surface area (Å²) in [6.45, 7) is 9.33. The zero-order valence-electron chi connectivity index (χ0n) is 25.2. The number of likely N-dealkylation sites (tertiary alicyclic amines) is 1. The van der Waals surface area contributed by atoms with Crippen molar-refractivity contribution >= 4 is 29.0 Å². The first-order chi connectivity index (χ1) is 21.2. The number of aryl methyl sites for hydroxylation is 1. The zero-order chi connectivity index (χ0) is 30.3. The van der Waals surface area contributed by atoms with E-state index >= 15 is 0 Å². The van der Waals surface area contributed by atoms with Gasteiger partial charge in [-0.05, 0) is 61.9 Å². The molecule has 0 bridgehead atoms. The number of nitrogens with zero attached hydrogens (tertiary/aromatic N) is 7. The third kappa shape index (κ3) is 4.03. The fraction of sp³-hybridized carbons (Fsp3) is 0.441. The minimum atomic E-state index is -1.03. The van der Waals surface area contributed by atoms with Crippen molar-refractivity contribution in [3.8, 4) is 0 Å². The number of carbonyl (C=O) groups excluding carboxylic acids is 1. The first-order valence-corrected chi connectivity index (χ1v) is 15.6. The SMILES string of the molecule is Cc1cc(N2CC3(CC[C@@]3(C)c3ccccc3)C2)cn2nc(C(=O)N3CC[C@@]4(CCN(c5cccc(C(=O)O)n5)C4)C3)nc12. The van der Waals surface area contributed by atoms with Crippen LogP contribution in [0.5, 0.6) is 0 Å². The first kappa shape index (κ1) is 27.1. The number of rotatable bonds is 5. The van der Waals surface area contributed by atoms with Crippen LogP contribution in [-0.4, -0.2) is 80.7 Å². The summed E-state index contributed by atoms with van der Waals surface area (Å²) in [7, 11) is 0. The van der Waals surface area contributed by atoms with Gasteiger partial charge in [-0.2, -0.15) is 0 Å². The van der Waals surface area contributed by atoms with Crippen LogP contribution >= 0.6 is 0 Å². The van der Waals surface area contributed by atoms with E-state index in [2.05, 4.69) is 68.2 Å². The number of pyridine rings is 2. The molecule has 1 N–H and O–H groups in total. The lowest BCUT2D eigenvalue weighted by atomic mass is 9.44. The lowest BCUT2D eigenvalue weighted by Crippen LogP contribution is -2.70. The topological polar surface area (TPSA) is 107 Å². The molecule has 8 rings (SSSR count). The molecule has 2 atom stereocenters. The molecular weight excluding hydrogens is 554 g/mol. The molecule has 3 saturated heterocycles. The van der Waals surface area contributed by atoms with E-state index in [9.17, 15) is 14.7 Å². The van der Waals surface area contributed by atoms with Crippen LogP contribution in [0.2, 0.25) is 0 Å². The monoisotopic (exact) mass is 591 g/mol. The van der Waals surface area contributed by atoms with Gasteiger partial charge in [0, 0.05) is 55.5 Å². The second kappa shape index (κ2) is 9.51. The van der Waals surface area contributed by atoms with Crippen molar-refractivity contribution < 1.29 is 14.7 Å². The Morgan fingerprint density at radius 3 is 2.41 bits per heavy atom. The molecule has 1 saturated carbocycles. The van der Waals surface area contributed by atoms with Gasteiger partial charge in [-0.25, -0.2) is 19.3 Å². The van der Waals surface area contributed by atoms with E-state index < -0.39 is 5.97 Å². The molecule has 4 fully saturated rings. The summed E-state index contributed by atoms with van der Waals surface area (Å²) in [6.07, 6.45) is 6.32. The highest BCUT2D eigenvalue weighted by atomic mass is 16.4. The molecule has 3 aromatic heterocycles. The molecule has 2 spiro atoms. The van der Waals surface area contributed by atoms with Crippen LogP contribution < -0.4 is 9.80 Å². The number of aromatic carboxylic acids is 1. The molecule has 4 aliphatic rings. The average molecular weight is 592 g/mol. The third-order valence-electron chi connectivity index (χ3n) is 11.3. The van der Waals surface area contributed by atoms with Gasteiger partial charge in [-0.15, -0.1) is 5.10 Å². The van der Waals surface area contributed by atoms with Crippen LogP contribution in [0, 0.1) is 17.8 Å². The van der Waals surface area contributed by atoms with Gasteiger partial charge < -0.3 is 19.8 Å². The summed E-state index contributed by atoms with van der Waals surface area (Å²) in [5, 5.41) is 14.0. The minimum absolute atomic E-state index is 0.0396. The minimum Gasteiger partial charge on any atom is -0.477 e. The summed E-state index contributed by atoms with van der Waals surface area (Å²) < 4.78 is 1.78. The third-order valence-corrected chi connectivity index (χ3v) is 11.3. The van der Waals surface area contributed by atoms with E-state index in [-0.39, 0.29) is 28.3 Å². The second-order valence-corrected chi connectivity index (χ2v) is 13.8. The van der Waals surface area contributed by atoms with E-state index in [1.807, 2.05) is 24.1 Å². The number of carboxylic acid groups (broad SMARTS) is 1. The normalized spacial score (nSPS) is 25.5. The van der Waals surface area contributed by atoms with Crippen LogP contribution in [0.25, 0.3) is 5.65 Å². The predicted molar refractivity (Wildman–Crippen MR) is 166 cm³/mol. The first-order valence-electron chi connectivity index (χ1n) is 15.6. The van der Waals surface area contributed by atoms with Crippen LogP contribution in [0.3, 0.4) is 0 Å². The van der Waals surface area contributed by atoms with Gasteiger partial charge in [0.05, 0.1) is 11.9 Å². The highest BCUT2D eigenvalue weighted by Gasteiger charge is 2.62. The summed E-state index contributed by atoms with van der Waals surface area (Å²) in [6, 6.07) is 18.2. The van der Waals surface area contributed by atoms with Crippen molar-refractivity contribution in [3.05, 3.63) is 83.4 Å². The maximum absolute atomic E-state index is 13.6. The van der Waals surface area contributed by atoms with Gasteiger partial charge in [0.2, 0.25) is 5.82 Å². The standard InChI is InChI=1S/C34H37N7O3/c1-23-17-25(40-21-34(22-40)12-11-32(34,2)24-7-4-3-5-8-24)18-41-29(23)36-28(37-41)30(42)39-16-14-33(20-39)13-15-38(19-33)27-10-6-9-26(35-27)31(43)44/h3-10,17-18H,11-16,19-22H2,1-2H3,(H,43,44)/t32-,33+/m0/s1. The summed E-state index contributed by atoms with van der Waals surface area (Å²) in [5.41, 5.74) is 4.81. The number of anilines is 2. The van der Waals surface area contributed by atoms with Crippen molar-refractivity contribution in [2.45, 2.75) is 44.9 Å². The summed E-state index contributed by atoms with van der Waals surface area (Å²) >= 11 is 0. The van der Waals surface area contributed by atoms with Gasteiger partial charge in [0.1, 0.15) is 5.82 Å². The smallest absolute Gasteiger partial charge is 0.354 e. The summed E-state index contributed by atoms with van der Waals surface area (Å²) in [5.74, 6) is -0.246. The van der Waals surface area contributed by atoms with Crippen LogP contribution in [0.15, 0.2) is 60.8 Å². The fourth-order valence-corrected chi connectivity index (χ4v) is 8.31. The highest BCUT2D eigenvalue weighted by Crippen LogP contribution is 2.62. The fourth-order valence-electron chi connectivity index (χ4n) is 8.31. The highest BCUT2D eigenvalue weighted by molar-refractivity contribution is 5.91. The Hall–Kier alpha value is -4.47. The van der Waals surface area contributed by atoms with Crippen LogP contribution in [0.1, 0.15) is 64.8 Å². The van der Waals surface area contributed by atoms with Crippen molar-refractivity contribution in [1.29, 1.82) is 0 Å². The summed E-state index contributed by atoms with van der Waals surface area (Å²) in [4.78, 5) is 40.5. The van der Waals surface area contributed by atoms with Gasteiger partial charge in [-0.1, -0.05) is 43.3 Å². The Balaban J connectivity index is 0.960. The Morgan fingerprint density at radius 2 is 1.66 bits per heavy atom. The van der Waals surface area contributed by atoms with E-state index in [0.29, 0.717) is 24.3 Å². The number of aromatic nitrogens is 4. The number of benzene rings is 1. The Bertz CT molecular complexity index is 1800. The van der Waals surface area contributed by atoms with Crippen molar-refractivity contribution in [1.82, 2.24) is 24.5 Å². The molecule has 1 aromatic carbocycles. The largest absolute Gasteiger partial charge is 0.477 e. The molecule has 1 aliphatic carbocycles. The van der Waals surface area contributed by atoms with Crippen LogP contribution in [-0.2, 0) is 5.41 Å². The Morgan fingerprint density at radius 1 is 0.864 bits per heavy atom. The number of hydrogen-bond donors (Lipinski definition) is 1. The maximum Gasteiger partial charge on any atom is 0.354 e. The van der Waals surface area contributed by atoms with E-state index in [4.69, 9.17) is 0 Å². The average Bonchev–Trinajstić information content (AvgIpc) is 3.75. The number of amides is 1. The molecular formula is C34H37N7O3. The van der Waals surface area contributed by atoms with Crippen molar-refractivity contribution in [2.24, 2.45) is 10.8 Å². The molecule has 1 amide bonds. The van der Waals surface area contributed by atoms with Gasteiger partial charge >= 0.3 is 5.97 Å². The molecule has 0 radical (unpaired) electrons. The molecule has 4 aromatic rings. The quantitative estimate of drug-likeness (QED) is 0.363. The number of fused-ring (bicyclic) bond motifs is 1. The molecule has 6 heterocycles. The van der Waals surface area contributed by atoms with Crippen molar-refractivity contribution in [2.75, 3.05) is 49.1 Å². The molecule has 226 valence electrons. The van der Waals surface area contributed by atoms with Crippen molar-refractivity contribution in [3.63, 3.8) is 0 Å². The molecule has 10 heteroatoms. The maximum atomic E-state index is 13.6. The van der Waals surface area contributed by atoms with Gasteiger partial charge in [-0.3, -0.25) is 4.79 Å². The second-order valence-electron chi connectivity index (χ2n) is 13.8. The molecule has 44 heavy (non-hydrogen) atoms. The lowest BCUT2D eigenvalue weighted by molar-refractivity contribution is -0.0247. The predicted octanol–water partition coefficient (Wildman–Crippen LogP) is 4.43. The number of carbonyl (C=O) groups is 2. The number of carboxylic acids is 1. The molecule has 0 unspecified atom stereocenters. The van der Waals surface area contributed by atoms with Gasteiger partial charge in [0.25, 0.3) is 5.91 Å². The molecule has 3 aliphatic heterocycles. The van der Waals surface area contributed by atoms with E-state index in [1.165, 1.54) is 24.5 Å². The lowest BCUT2D eigenvalue weighted by Gasteiger charge is -2.67. The zero-order valence-corrected chi connectivity index (χ0v) is 25.2. The van der Waals surface area contributed by atoms with Gasteiger partial charge in [0.15, 0.2) is 11.3 Å². The van der Waals surface area contributed by atoms with E-state index in [0.717, 1.165) is 55.9 Å². The Labute approximate surface area is 256 Å². The van der Waals surface area contributed by atoms with E-state index in [1.54, 1.807) is 10.6 Å². The van der Waals surface area contributed by atoms with Crippen LogP contribution in [0.4, 0.5) is 11.5 Å². The molecule has 10 nitrogen and oxygen atoms in total. The Kier molecular flexibility index (Phi) is 5.86.